The van der Waals surface area contributed by atoms with Gasteiger partial charge < -0.3 is 14.3 Å². The summed E-state index contributed by atoms with van der Waals surface area (Å²) in [6.07, 6.45) is -0.377. The average molecular weight is 288 g/mol. The maximum atomic E-state index is 13.4. The Balaban J connectivity index is 1.93. The van der Waals surface area contributed by atoms with Gasteiger partial charge in [0.05, 0.1) is 5.69 Å². The van der Waals surface area contributed by atoms with E-state index in [-0.39, 0.29) is 17.6 Å². The van der Waals surface area contributed by atoms with Crippen LogP contribution in [0.15, 0.2) is 57.7 Å². The first-order valence-electron chi connectivity index (χ1n) is 5.95. The Kier molecular flexibility index (Phi) is 3.15. The highest BCUT2D eigenvalue weighted by atomic mass is 19.1. The Labute approximate surface area is 117 Å². The van der Waals surface area contributed by atoms with E-state index < -0.39 is 11.6 Å². The largest absolute Gasteiger partial charge is 0.508 e. The number of halogens is 1. The van der Waals surface area contributed by atoms with Crippen molar-refractivity contribution in [2.45, 2.75) is 0 Å². The van der Waals surface area contributed by atoms with Crippen molar-refractivity contribution in [3.05, 3.63) is 64.9 Å². The fraction of sp³-hybridized carbons (Fsp3) is 0. The zero-order valence-electron chi connectivity index (χ0n) is 10.6. The van der Waals surface area contributed by atoms with Gasteiger partial charge in [-0.15, -0.1) is 0 Å². The van der Waals surface area contributed by atoms with Crippen molar-refractivity contribution in [3.8, 4) is 23.3 Å². The van der Waals surface area contributed by atoms with Gasteiger partial charge in [0.2, 0.25) is 0 Å². The minimum absolute atomic E-state index is 0.0538. The van der Waals surface area contributed by atoms with Crippen LogP contribution in [0.3, 0.4) is 0 Å². The van der Waals surface area contributed by atoms with Crippen molar-refractivity contribution in [3.63, 3.8) is 0 Å². The quantitative estimate of drug-likeness (QED) is 0.801. The Bertz CT molecular complexity index is 823. The molecule has 2 aromatic carbocycles. The van der Waals surface area contributed by atoms with E-state index in [1.165, 1.54) is 42.5 Å². The number of hydrogen-bond donors (Lipinski definition) is 1. The van der Waals surface area contributed by atoms with Crippen LogP contribution in [0, 0.1) is 5.82 Å². The normalized spacial score (nSPS) is 10.5. The summed E-state index contributed by atoms with van der Waals surface area (Å²) in [4.78, 5) is 11.7. The van der Waals surface area contributed by atoms with E-state index in [1.807, 2.05) is 0 Å². The van der Waals surface area contributed by atoms with Crippen LogP contribution >= 0.6 is 0 Å². The molecule has 3 aromatic rings. The summed E-state index contributed by atoms with van der Waals surface area (Å²) < 4.78 is 24.3. The monoisotopic (exact) mass is 288 g/mol. The maximum absolute atomic E-state index is 13.4. The molecule has 0 fully saturated rings. The van der Waals surface area contributed by atoms with E-state index in [1.54, 1.807) is 6.07 Å². The lowest BCUT2D eigenvalue weighted by Crippen LogP contribution is -2.12. The topological polar surface area (TPSA) is 77.5 Å². The Morgan fingerprint density at radius 2 is 1.86 bits per heavy atom. The SMILES string of the molecule is O=c1oc(Oc2ccccc2F)nn1-c1ccc(O)cc1. The fourth-order valence-corrected chi connectivity index (χ4v) is 1.68. The number of benzene rings is 2. The van der Waals surface area contributed by atoms with Crippen molar-refractivity contribution in [1.82, 2.24) is 9.78 Å². The smallest absolute Gasteiger partial charge is 0.444 e. The lowest BCUT2D eigenvalue weighted by molar-refractivity contribution is 0.309. The number of nitrogens with zero attached hydrogens (tertiary/aromatic N) is 2. The maximum Gasteiger partial charge on any atom is 0.444 e. The van der Waals surface area contributed by atoms with Gasteiger partial charge >= 0.3 is 11.8 Å². The second-order valence-electron chi connectivity index (χ2n) is 4.09. The molecule has 0 atom stereocenters. The summed E-state index contributed by atoms with van der Waals surface area (Å²) in [6.45, 7) is 0. The number of phenolic OH excluding ortho intramolecular Hbond substituents is 1. The fourth-order valence-electron chi connectivity index (χ4n) is 1.68. The third-order valence-corrected chi connectivity index (χ3v) is 2.66. The van der Waals surface area contributed by atoms with Gasteiger partial charge in [-0.25, -0.2) is 9.18 Å². The average Bonchev–Trinajstić information content (AvgIpc) is 2.83. The molecule has 0 spiro atoms. The minimum atomic E-state index is -0.785. The van der Waals surface area contributed by atoms with E-state index in [2.05, 4.69) is 5.10 Å². The van der Waals surface area contributed by atoms with Gasteiger partial charge in [0.1, 0.15) is 5.75 Å². The number of phenols is 1. The van der Waals surface area contributed by atoms with Crippen molar-refractivity contribution in [1.29, 1.82) is 0 Å². The highest BCUT2D eigenvalue weighted by Crippen LogP contribution is 2.22. The predicted octanol–water partition coefficient (Wildman–Crippen LogP) is 2.46. The van der Waals surface area contributed by atoms with Crippen molar-refractivity contribution in [2.75, 3.05) is 0 Å². The van der Waals surface area contributed by atoms with E-state index in [9.17, 15) is 14.3 Å². The van der Waals surface area contributed by atoms with Crippen molar-refractivity contribution < 1.29 is 18.7 Å². The number of rotatable bonds is 3. The van der Waals surface area contributed by atoms with E-state index in [0.717, 1.165) is 4.68 Å². The molecular formula is C14H9FN2O4. The summed E-state index contributed by atoms with van der Waals surface area (Å²) >= 11 is 0. The number of aromatic hydroxyl groups is 1. The van der Waals surface area contributed by atoms with Gasteiger partial charge in [-0.05, 0) is 36.4 Å². The van der Waals surface area contributed by atoms with Crippen LogP contribution in [0.25, 0.3) is 5.69 Å². The molecule has 106 valence electrons. The highest BCUT2D eigenvalue weighted by Gasteiger charge is 2.13. The number of aromatic nitrogens is 2. The Morgan fingerprint density at radius 1 is 1.14 bits per heavy atom. The second kappa shape index (κ2) is 5.12. The molecule has 0 saturated carbocycles. The summed E-state index contributed by atoms with van der Waals surface area (Å²) in [7, 11) is 0. The molecule has 0 unspecified atom stereocenters. The zero-order valence-corrected chi connectivity index (χ0v) is 10.6. The van der Waals surface area contributed by atoms with Gasteiger partial charge in [-0.1, -0.05) is 17.2 Å². The number of ether oxygens (including phenoxy) is 1. The number of hydrogen-bond acceptors (Lipinski definition) is 5. The molecule has 0 aliphatic heterocycles. The van der Waals surface area contributed by atoms with Gasteiger partial charge in [0, 0.05) is 0 Å². The molecule has 1 heterocycles. The second-order valence-corrected chi connectivity index (χ2v) is 4.09. The lowest BCUT2D eigenvalue weighted by Gasteiger charge is -2.00. The van der Waals surface area contributed by atoms with Crippen molar-refractivity contribution in [2.24, 2.45) is 0 Å². The Morgan fingerprint density at radius 3 is 2.57 bits per heavy atom. The van der Waals surface area contributed by atoms with Crippen LogP contribution in [-0.2, 0) is 0 Å². The molecule has 7 heteroatoms. The van der Waals surface area contributed by atoms with Crippen LogP contribution in [0.1, 0.15) is 0 Å². The molecule has 3 rings (SSSR count). The first-order chi connectivity index (χ1) is 10.1. The molecule has 0 aliphatic rings. The first-order valence-corrected chi connectivity index (χ1v) is 5.95. The minimum Gasteiger partial charge on any atom is -0.508 e. The molecule has 21 heavy (non-hydrogen) atoms. The molecule has 0 radical (unpaired) electrons. The number of para-hydroxylation sites is 1. The molecule has 0 aliphatic carbocycles. The molecule has 6 nitrogen and oxygen atoms in total. The van der Waals surface area contributed by atoms with Crippen LogP contribution in [-0.4, -0.2) is 14.9 Å². The van der Waals surface area contributed by atoms with Gasteiger partial charge in [-0.3, -0.25) is 0 Å². The van der Waals surface area contributed by atoms with Gasteiger partial charge in [-0.2, -0.15) is 4.68 Å². The van der Waals surface area contributed by atoms with Crippen LogP contribution in [0.2, 0.25) is 0 Å². The molecular weight excluding hydrogens is 279 g/mol. The summed E-state index contributed by atoms with van der Waals surface area (Å²) in [5.41, 5.74) is 0.380. The summed E-state index contributed by atoms with van der Waals surface area (Å²) in [5, 5.41) is 13.0. The lowest BCUT2D eigenvalue weighted by atomic mass is 10.3. The zero-order chi connectivity index (χ0) is 14.8. The van der Waals surface area contributed by atoms with Crippen LogP contribution in [0.4, 0.5) is 4.39 Å². The molecule has 1 N–H and O–H groups in total. The van der Waals surface area contributed by atoms with E-state index in [4.69, 9.17) is 9.15 Å². The molecule has 0 amide bonds. The van der Waals surface area contributed by atoms with Gasteiger partial charge in [0.25, 0.3) is 0 Å². The van der Waals surface area contributed by atoms with Crippen LogP contribution in [0.5, 0.6) is 17.6 Å². The summed E-state index contributed by atoms with van der Waals surface area (Å²) in [5.74, 6) is -1.43. The molecule has 0 bridgehead atoms. The predicted molar refractivity (Wildman–Crippen MR) is 70.2 cm³/mol. The van der Waals surface area contributed by atoms with E-state index in [0.29, 0.717) is 5.69 Å². The first kappa shape index (κ1) is 12.9. The molecule has 0 saturated heterocycles. The van der Waals surface area contributed by atoms with E-state index >= 15 is 0 Å². The van der Waals surface area contributed by atoms with Crippen molar-refractivity contribution >= 4 is 0 Å². The summed E-state index contributed by atoms with van der Waals surface area (Å²) in [6, 6.07) is 11.4. The van der Waals surface area contributed by atoms with Gasteiger partial charge in [0.15, 0.2) is 11.6 Å². The molecule has 1 aromatic heterocycles. The third-order valence-electron chi connectivity index (χ3n) is 2.66. The van der Waals surface area contributed by atoms with Crippen LogP contribution < -0.4 is 10.5 Å². The third kappa shape index (κ3) is 2.62. The Hall–Kier alpha value is -3.09. The highest BCUT2D eigenvalue weighted by molar-refractivity contribution is 5.35. The standard InChI is InChI=1S/C14H9FN2O4/c15-11-3-1-2-4-12(11)20-13-16-17(14(19)21-13)9-5-7-10(18)8-6-9/h1-8,18H.